The lowest BCUT2D eigenvalue weighted by Gasteiger charge is -2.20. The Labute approximate surface area is 138 Å². The number of hydrogen-bond donors (Lipinski definition) is 2. The zero-order valence-corrected chi connectivity index (χ0v) is 12.9. The van der Waals surface area contributed by atoms with Gasteiger partial charge >= 0.3 is 0 Å². The molecule has 1 aromatic heterocycles. The molecule has 2 aliphatic rings. The molecule has 2 aromatic rings. The van der Waals surface area contributed by atoms with E-state index in [0.717, 1.165) is 12.8 Å². The second kappa shape index (κ2) is 5.76. The summed E-state index contributed by atoms with van der Waals surface area (Å²) in [6.45, 7) is 0. The summed E-state index contributed by atoms with van der Waals surface area (Å²) in [6, 6.07) is 10.4. The fraction of sp³-hybridized carbons (Fsp3) is 0.353. The maximum absolute atomic E-state index is 12.4. The molecule has 0 saturated carbocycles. The van der Waals surface area contributed by atoms with Crippen LogP contribution in [0.4, 0.5) is 5.69 Å². The zero-order chi connectivity index (χ0) is 16.7. The average Bonchev–Trinajstić information content (AvgIpc) is 3.31. The first-order valence-corrected chi connectivity index (χ1v) is 8.02. The van der Waals surface area contributed by atoms with E-state index in [0.29, 0.717) is 23.4 Å². The first-order chi connectivity index (χ1) is 11.6. The predicted octanol–water partition coefficient (Wildman–Crippen LogP) is 2.48. The number of rotatable bonds is 4. The van der Waals surface area contributed by atoms with Crippen molar-refractivity contribution < 1.29 is 14.1 Å². The van der Waals surface area contributed by atoms with Crippen LogP contribution in [0.3, 0.4) is 0 Å². The highest BCUT2D eigenvalue weighted by atomic mass is 16.6. The fourth-order valence-corrected chi connectivity index (χ4v) is 3.61. The molecule has 124 valence electrons. The van der Waals surface area contributed by atoms with E-state index in [9.17, 15) is 14.9 Å². The van der Waals surface area contributed by atoms with E-state index in [-0.39, 0.29) is 23.4 Å². The zero-order valence-electron chi connectivity index (χ0n) is 12.9. The number of amides is 1. The molecule has 24 heavy (non-hydrogen) atoms. The van der Waals surface area contributed by atoms with Gasteiger partial charge in [-0.3, -0.25) is 14.9 Å². The Hall–Kier alpha value is -2.67. The van der Waals surface area contributed by atoms with Gasteiger partial charge in [-0.2, -0.15) is 0 Å². The van der Waals surface area contributed by atoms with Crippen LogP contribution in [0.5, 0.6) is 0 Å². The Balaban J connectivity index is 1.49. The molecular formula is C17H17N3O4. The van der Waals surface area contributed by atoms with E-state index in [4.69, 9.17) is 4.42 Å². The highest BCUT2D eigenvalue weighted by Crippen LogP contribution is 2.29. The Morgan fingerprint density at radius 3 is 2.88 bits per heavy atom. The summed E-state index contributed by atoms with van der Waals surface area (Å²) < 4.78 is 5.60. The molecule has 2 bridgehead atoms. The number of carbonyl (C=O) groups is 1. The molecule has 7 nitrogen and oxygen atoms in total. The van der Waals surface area contributed by atoms with Gasteiger partial charge < -0.3 is 15.1 Å². The smallest absolute Gasteiger partial charge is 0.287 e. The Bertz CT molecular complexity index is 801. The molecule has 2 N–H and O–H groups in total. The van der Waals surface area contributed by atoms with Crippen molar-refractivity contribution in [3.05, 3.63) is 52.3 Å². The van der Waals surface area contributed by atoms with Crippen LogP contribution in [-0.4, -0.2) is 29.0 Å². The van der Waals surface area contributed by atoms with Crippen molar-refractivity contribution >= 4 is 11.6 Å². The first kappa shape index (κ1) is 14.9. The van der Waals surface area contributed by atoms with Gasteiger partial charge in [-0.15, -0.1) is 0 Å². The summed E-state index contributed by atoms with van der Waals surface area (Å²) in [4.78, 5) is 22.8. The maximum Gasteiger partial charge on any atom is 0.287 e. The number of nitrogens with zero attached hydrogens (tertiary/aromatic N) is 1. The molecular weight excluding hydrogens is 310 g/mol. The number of non-ortho nitro benzene ring substituents is 1. The number of nitro groups is 1. The van der Waals surface area contributed by atoms with Crippen LogP contribution in [0.15, 0.2) is 40.8 Å². The second-order valence-corrected chi connectivity index (χ2v) is 6.33. The monoisotopic (exact) mass is 327 g/mol. The highest BCUT2D eigenvalue weighted by molar-refractivity contribution is 5.92. The molecule has 7 heteroatoms. The summed E-state index contributed by atoms with van der Waals surface area (Å²) >= 11 is 0. The van der Waals surface area contributed by atoms with Crippen molar-refractivity contribution in [1.82, 2.24) is 10.6 Å². The number of hydrogen-bond acceptors (Lipinski definition) is 5. The molecule has 0 unspecified atom stereocenters. The molecule has 3 heterocycles. The molecule has 1 amide bonds. The molecule has 0 spiro atoms. The van der Waals surface area contributed by atoms with Crippen molar-refractivity contribution in [2.45, 2.75) is 37.4 Å². The molecule has 4 rings (SSSR count). The van der Waals surface area contributed by atoms with Crippen molar-refractivity contribution in [2.75, 3.05) is 0 Å². The third kappa shape index (κ3) is 2.67. The van der Waals surface area contributed by atoms with Crippen LogP contribution in [0.2, 0.25) is 0 Å². The van der Waals surface area contributed by atoms with Gasteiger partial charge in [0.15, 0.2) is 5.76 Å². The van der Waals surface area contributed by atoms with Gasteiger partial charge in [0.1, 0.15) is 5.76 Å². The normalized spacial score (nSPS) is 24.9. The van der Waals surface area contributed by atoms with Crippen LogP contribution in [-0.2, 0) is 0 Å². The van der Waals surface area contributed by atoms with Gasteiger partial charge in [0.05, 0.1) is 4.92 Å². The quantitative estimate of drug-likeness (QED) is 0.664. The van der Waals surface area contributed by atoms with Crippen molar-refractivity contribution in [3.8, 4) is 11.3 Å². The minimum atomic E-state index is -0.456. The Morgan fingerprint density at radius 1 is 1.29 bits per heavy atom. The van der Waals surface area contributed by atoms with Crippen molar-refractivity contribution in [1.29, 1.82) is 0 Å². The summed E-state index contributed by atoms with van der Waals surface area (Å²) in [5, 5.41) is 17.3. The summed E-state index contributed by atoms with van der Waals surface area (Å²) in [6.07, 6.45) is 3.22. The molecule has 0 aliphatic carbocycles. The van der Waals surface area contributed by atoms with E-state index in [1.54, 1.807) is 24.3 Å². The third-order valence-corrected chi connectivity index (χ3v) is 4.79. The predicted molar refractivity (Wildman–Crippen MR) is 86.6 cm³/mol. The summed E-state index contributed by atoms with van der Waals surface area (Å²) in [7, 11) is 0. The number of furan rings is 1. The van der Waals surface area contributed by atoms with E-state index in [1.807, 2.05) is 0 Å². The molecule has 2 saturated heterocycles. The lowest BCUT2D eigenvalue weighted by molar-refractivity contribution is -0.384. The molecule has 0 radical (unpaired) electrons. The van der Waals surface area contributed by atoms with Crippen LogP contribution < -0.4 is 10.6 Å². The summed E-state index contributed by atoms with van der Waals surface area (Å²) in [5.41, 5.74) is 0.563. The average molecular weight is 327 g/mol. The van der Waals surface area contributed by atoms with Gasteiger partial charge in [0.25, 0.3) is 11.6 Å². The van der Waals surface area contributed by atoms with Crippen LogP contribution in [0.25, 0.3) is 11.3 Å². The molecule has 3 atom stereocenters. The topological polar surface area (TPSA) is 97.4 Å². The summed E-state index contributed by atoms with van der Waals surface area (Å²) in [5.74, 6) is 0.417. The standard InChI is InChI=1S/C17H17N3O4/c21-17(19-14-9-11-4-5-13(14)18-11)16-7-6-15(24-16)10-2-1-3-12(8-10)20(22)23/h1-3,6-8,11,13-14,18H,4-5,9H2,(H,19,21)/t11-,13+,14-/m1/s1. The molecule has 1 aromatic carbocycles. The minimum absolute atomic E-state index is 0.0112. The number of fused-ring (bicyclic) bond motifs is 2. The number of benzene rings is 1. The van der Waals surface area contributed by atoms with Gasteiger partial charge in [0, 0.05) is 35.8 Å². The lowest BCUT2D eigenvalue weighted by Crippen LogP contribution is -2.42. The second-order valence-electron chi connectivity index (χ2n) is 6.33. The maximum atomic E-state index is 12.4. The van der Waals surface area contributed by atoms with Crippen molar-refractivity contribution in [3.63, 3.8) is 0 Å². The number of carbonyl (C=O) groups excluding carboxylic acids is 1. The fourth-order valence-electron chi connectivity index (χ4n) is 3.61. The first-order valence-electron chi connectivity index (χ1n) is 8.02. The van der Waals surface area contributed by atoms with Gasteiger partial charge in [-0.1, -0.05) is 12.1 Å². The van der Waals surface area contributed by atoms with Gasteiger partial charge in [-0.25, -0.2) is 0 Å². The van der Waals surface area contributed by atoms with E-state index in [2.05, 4.69) is 10.6 Å². The highest BCUT2D eigenvalue weighted by Gasteiger charge is 2.39. The number of nitro benzene ring substituents is 1. The number of nitrogens with one attached hydrogen (secondary N) is 2. The van der Waals surface area contributed by atoms with E-state index >= 15 is 0 Å². The Kier molecular flexibility index (Phi) is 3.57. The minimum Gasteiger partial charge on any atom is -0.451 e. The van der Waals surface area contributed by atoms with Crippen LogP contribution >= 0.6 is 0 Å². The SMILES string of the molecule is O=C(N[C@@H]1C[C@H]2CC[C@@H]1N2)c1ccc(-c2cccc([N+](=O)[O-])c2)o1. The lowest BCUT2D eigenvalue weighted by atomic mass is 9.95. The van der Waals surface area contributed by atoms with Gasteiger partial charge in [0.2, 0.25) is 0 Å². The van der Waals surface area contributed by atoms with E-state index < -0.39 is 4.92 Å². The van der Waals surface area contributed by atoms with Crippen molar-refractivity contribution in [2.24, 2.45) is 0 Å². The third-order valence-electron chi connectivity index (χ3n) is 4.79. The van der Waals surface area contributed by atoms with Crippen LogP contribution in [0.1, 0.15) is 29.8 Å². The molecule has 2 fully saturated rings. The Morgan fingerprint density at radius 2 is 2.17 bits per heavy atom. The van der Waals surface area contributed by atoms with E-state index in [1.165, 1.54) is 18.6 Å². The van der Waals surface area contributed by atoms with Crippen LogP contribution in [0, 0.1) is 10.1 Å². The van der Waals surface area contributed by atoms with Gasteiger partial charge in [-0.05, 0) is 31.4 Å². The molecule has 2 aliphatic heterocycles. The largest absolute Gasteiger partial charge is 0.451 e.